The lowest BCUT2D eigenvalue weighted by atomic mass is 9.98. The fourth-order valence-electron chi connectivity index (χ4n) is 2.59. The molecule has 19 heavy (non-hydrogen) atoms. The molecule has 2 N–H and O–H groups in total. The maximum absolute atomic E-state index is 6.26. The molecule has 0 saturated carbocycles. The van der Waals surface area contributed by atoms with Gasteiger partial charge in [0.15, 0.2) is 0 Å². The Kier molecular flexibility index (Phi) is 7.05. The van der Waals surface area contributed by atoms with Gasteiger partial charge in [0, 0.05) is 7.11 Å². The van der Waals surface area contributed by atoms with Crippen LogP contribution in [0.25, 0.3) is 0 Å². The zero-order valence-corrected chi connectivity index (χ0v) is 13.2. The van der Waals surface area contributed by atoms with Crippen LogP contribution in [-0.4, -0.2) is 36.9 Å². The van der Waals surface area contributed by atoms with Crippen molar-refractivity contribution in [3.05, 3.63) is 11.6 Å². The third-order valence-electron chi connectivity index (χ3n) is 4.17. The average molecular weight is 268 g/mol. The number of methoxy groups -OCH3 is 1. The fourth-order valence-corrected chi connectivity index (χ4v) is 2.59. The minimum atomic E-state index is -0.00470. The second kappa shape index (κ2) is 8.03. The monoisotopic (exact) mass is 268 g/mol. The molecule has 1 fully saturated rings. The summed E-state index contributed by atoms with van der Waals surface area (Å²) in [4.78, 5) is 2.39. The molecule has 0 amide bonds. The Hall–Kier alpha value is -0.380. The summed E-state index contributed by atoms with van der Waals surface area (Å²) < 4.78 is 5.44. The molecule has 1 aliphatic rings. The van der Waals surface area contributed by atoms with Crippen molar-refractivity contribution in [2.45, 2.75) is 71.1 Å². The van der Waals surface area contributed by atoms with Crippen LogP contribution in [0, 0.1) is 0 Å². The Morgan fingerprint density at radius 2 is 1.95 bits per heavy atom. The molecule has 1 unspecified atom stereocenters. The molecule has 0 aromatic rings. The van der Waals surface area contributed by atoms with Gasteiger partial charge in [-0.05, 0) is 66.0 Å². The van der Waals surface area contributed by atoms with Crippen molar-refractivity contribution in [1.82, 2.24) is 4.90 Å². The number of hydrogen-bond acceptors (Lipinski definition) is 3. The zero-order valence-electron chi connectivity index (χ0n) is 13.2. The Bertz CT molecular complexity index is 280. The lowest BCUT2D eigenvalue weighted by molar-refractivity contribution is 0.0140. The van der Waals surface area contributed by atoms with Gasteiger partial charge in [0.2, 0.25) is 0 Å². The number of nitrogens with zero attached hydrogens (tertiary/aromatic N) is 1. The van der Waals surface area contributed by atoms with E-state index in [4.69, 9.17) is 10.5 Å². The van der Waals surface area contributed by atoms with Gasteiger partial charge in [-0.25, -0.2) is 0 Å². The molecular formula is C16H32N2O. The summed E-state index contributed by atoms with van der Waals surface area (Å²) in [6, 6.07) is 0. The van der Waals surface area contributed by atoms with E-state index in [1.54, 1.807) is 7.11 Å². The SMILES string of the molecule is COC(C)(C)CCCC(C)=CC(N)N1CCCCC1. The topological polar surface area (TPSA) is 38.5 Å². The van der Waals surface area contributed by atoms with Gasteiger partial charge >= 0.3 is 0 Å². The summed E-state index contributed by atoms with van der Waals surface area (Å²) >= 11 is 0. The molecule has 1 rings (SSSR count). The standard InChI is InChI=1S/C16H32N2O/c1-14(9-8-10-16(2,3)19-4)13-15(17)18-11-6-5-7-12-18/h13,15H,5-12,17H2,1-4H3. The van der Waals surface area contributed by atoms with Crippen LogP contribution >= 0.6 is 0 Å². The second-order valence-corrected chi connectivity index (χ2v) is 6.42. The van der Waals surface area contributed by atoms with Crippen molar-refractivity contribution in [2.24, 2.45) is 5.73 Å². The van der Waals surface area contributed by atoms with E-state index < -0.39 is 0 Å². The fraction of sp³-hybridized carbons (Fsp3) is 0.875. The first-order chi connectivity index (χ1) is 8.94. The van der Waals surface area contributed by atoms with Crippen LogP contribution < -0.4 is 5.73 Å². The molecule has 0 aromatic heterocycles. The maximum Gasteiger partial charge on any atom is 0.0766 e. The second-order valence-electron chi connectivity index (χ2n) is 6.42. The molecule has 112 valence electrons. The molecule has 1 heterocycles. The van der Waals surface area contributed by atoms with Crippen LogP contribution in [0.5, 0.6) is 0 Å². The molecule has 1 atom stereocenters. The number of allylic oxidation sites excluding steroid dienone is 1. The highest BCUT2D eigenvalue weighted by molar-refractivity contribution is 5.03. The first-order valence-electron chi connectivity index (χ1n) is 7.67. The number of hydrogen-bond donors (Lipinski definition) is 1. The van der Waals surface area contributed by atoms with E-state index in [1.165, 1.54) is 24.8 Å². The van der Waals surface area contributed by atoms with Gasteiger partial charge in [0.05, 0.1) is 11.8 Å². The highest BCUT2D eigenvalue weighted by atomic mass is 16.5. The van der Waals surface area contributed by atoms with Crippen molar-refractivity contribution < 1.29 is 4.74 Å². The maximum atomic E-state index is 6.26. The predicted octanol–water partition coefficient (Wildman–Crippen LogP) is 3.30. The summed E-state index contributed by atoms with van der Waals surface area (Å²) in [5.41, 5.74) is 7.66. The lowest BCUT2D eigenvalue weighted by Gasteiger charge is -2.30. The van der Waals surface area contributed by atoms with Crippen molar-refractivity contribution in [3.8, 4) is 0 Å². The van der Waals surface area contributed by atoms with E-state index in [2.05, 4.69) is 31.7 Å². The molecule has 0 aromatic carbocycles. The van der Waals surface area contributed by atoms with Gasteiger partial charge in [-0.1, -0.05) is 18.1 Å². The van der Waals surface area contributed by atoms with E-state index in [1.807, 2.05) is 0 Å². The number of piperidine rings is 1. The van der Waals surface area contributed by atoms with Crippen LogP contribution in [-0.2, 0) is 4.74 Å². The van der Waals surface area contributed by atoms with Crippen molar-refractivity contribution in [3.63, 3.8) is 0 Å². The number of rotatable bonds is 7. The minimum absolute atomic E-state index is 0.00470. The summed E-state index contributed by atoms with van der Waals surface area (Å²) in [6.45, 7) is 8.80. The minimum Gasteiger partial charge on any atom is -0.379 e. The molecule has 3 nitrogen and oxygen atoms in total. The molecule has 0 aliphatic carbocycles. The third kappa shape index (κ3) is 6.55. The summed E-state index contributed by atoms with van der Waals surface area (Å²) in [7, 11) is 1.79. The van der Waals surface area contributed by atoms with Crippen LogP contribution in [0.4, 0.5) is 0 Å². The van der Waals surface area contributed by atoms with Gasteiger partial charge in [0.25, 0.3) is 0 Å². The van der Waals surface area contributed by atoms with E-state index in [0.717, 1.165) is 32.4 Å². The lowest BCUT2D eigenvalue weighted by Crippen LogP contribution is -2.43. The third-order valence-corrected chi connectivity index (χ3v) is 4.17. The van der Waals surface area contributed by atoms with Crippen LogP contribution in [0.2, 0.25) is 0 Å². The molecule has 0 radical (unpaired) electrons. The summed E-state index contributed by atoms with van der Waals surface area (Å²) in [5, 5.41) is 0. The van der Waals surface area contributed by atoms with Gasteiger partial charge in [0.1, 0.15) is 0 Å². The van der Waals surface area contributed by atoms with Crippen molar-refractivity contribution >= 4 is 0 Å². The van der Waals surface area contributed by atoms with Gasteiger partial charge in [-0.3, -0.25) is 4.90 Å². The summed E-state index contributed by atoms with van der Waals surface area (Å²) in [5.74, 6) is 0. The van der Waals surface area contributed by atoms with Crippen molar-refractivity contribution in [1.29, 1.82) is 0 Å². The molecule has 1 aliphatic heterocycles. The molecule has 0 bridgehead atoms. The number of likely N-dealkylation sites (tertiary alicyclic amines) is 1. The van der Waals surface area contributed by atoms with Crippen LogP contribution in [0.3, 0.4) is 0 Å². The Morgan fingerprint density at radius 1 is 1.32 bits per heavy atom. The normalized spacial score (nSPS) is 20.6. The Morgan fingerprint density at radius 3 is 2.53 bits per heavy atom. The summed E-state index contributed by atoms with van der Waals surface area (Å²) in [6.07, 6.45) is 9.67. The highest BCUT2D eigenvalue weighted by Crippen LogP contribution is 2.19. The highest BCUT2D eigenvalue weighted by Gasteiger charge is 2.17. The smallest absolute Gasteiger partial charge is 0.0766 e. The first kappa shape index (κ1) is 16.7. The molecule has 1 saturated heterocycles. The van der Waals surface area contributed by atoms with E-state index >= 15 is 0 Å². The van der Waals surface area contributed by atoms with Gasteiger partial charge < -0.3 is 10.5 Å². The van der Waals surface area contributed by atoms with Crippen molar-refractivity contribution in [2.75, 3.05) is 20.2 Å². The first-order valence-corrected chi connectivity index (χ1v) is 7.67. The molecule has 0 spiro atoms. The number of ether oxygens (including phenoxy) is 1. The van der Waals surface area contributed by atoms with Crippen LogP contribution in [0.15, 0.2) is 11.6 Å². The molecular weight excluding hydrogens is 236 g/mol. The zero-order chi connectivity index (χ0) is 14.3. The van der Waals surface area contributed by atoms with E-state index in [9.17, 15) is 0 Å². The van der Waals surface area contributed by atoms with Gasteiger partial charge in [-0.2, -0.15) is 0 Å². The Labute approximate surface area is 119 Å². The van der Waals surface area contributed by atoms with Crippen LogP contribution in [0.1, 0.15) is 59.3 Å². The Balaban J connectivity index is 2.31. The number of nitrogens with two attached hydrogens (primary N) is 1. The van der Waals surface area contributed by atoms with E-state index in [-0.39, 0.29) is 11.8 Å². The predicted molar refractivity (Wildman–Crippen MR) is 82.1 cm³/mol. The average Bonchev–Trinajstić information content (AvgIpc) is 2.39. The quantitative estimate of drug-likeness (QED) is 0.720. The van der Waals surface area contributed by atoms with E-state index in [0.29, 0.717) is 0 Å². The largest absolute Gasteiger partial charge is 0.379 e. The van der Waals surface area contributed by atoms with Gasteiger partial charge in [-0.15, -0.1) is 0 Å². The molecule has 3 heteroatoms.